The van der Waals surface area contributed by atoms with E-state index >= 15 is 0 Å². The molecule has 1 aliphatic carbocycles. The predicted molar refractivity (Wildman–Crippen MR) is 137 cm³/mol. The molecule has 3 aromatic rings. The molecule has 2 N–H and O–H groups in total. The summed E-state index contributed by atoms with van der Waals surface area (Å²) in [5, 5.41) is 6.97. The standard InChI is InChI=1S/C27H33N5O3/c1-34-23-4-2-3-19(15-23)16-26(33)31-21-7-5-20(6-8-21)30-25-18-22(32-11-13-35-14-12-32)17-24-27(25)29-10-9-28-24/h2-4,9-10,15,17-18,20-21,30H,5-8,11-14,16H2,1H3,(H,31,33)/t20-,21-. The van der Waals surface area contributed by atoms with Crippen LogP contribution >= 0.6 is 0 Å². The number of aromatic nitrogens is 2. The number of anilines is 2. The number of morpholine rings is 1. The van der Waals surface area contributed by atoms with Crippen LogP contribution in [0.2, 0.25) is 0 Å². The zero-order valence-electron chi connectivity index (χ0n) is 20.2. The van der Waals surface area contributed by atoms with Gasteiger partial charge in [-0.2, -0.15) is 0 Å². The van der Waals surface area contributed by atoms with Gasteiger partial charge in [0.15, 0.2) is 0 Å². The molecule has 8 heteroatoms. The highest BCUT2D eigenvalue weighted by Crippen LogP contribution is 2.31. The predicted octanol–water partition coefficient (Wildman–Crippen LogP) is 3.56. The fraction of sp³-hybridized carbons (Fsp3) is 0.444. The molecule has 0 atom stereocenters. The molecule has 2 heterocycles. The fourth-order valence-electron chi connectivity index (χ4n) is 5.02. The zero-order valence-corrected chi connectivity index (χ0v) is 20.2. The highest BCUT2D eigenvalue weighted by atomic mass is 16.5. The third kappa shape index (κ3) is 5.82. The van der Waals surface area contributed by atoms with Gasteiger partial charge in [-0.15, -0.1) is 0 Å². The highest BCUT2D eigenvalue weighted by molar-refractivity contribution is 5.91. The molecule has 1 amide bonds. The number of ether oxygens (including phenoxy) is 2. The molecule has 0 unspecified atom stereocenters. The third-order valence-electron chi connectivity index (χ3n) is 6.89. The molecule has 2 aromatic carbocycles. The minimum absolute atomic E-state index is 0.0640. The van der Waals surface area contributed by atoms with Crippen LogP contribution in [0.4, 0.5) is 11.4 Å². The lowest BCUT2D eigenvalue weighted by Crippen LogP contribution is -2.40. The van der Waals surface area contributed by atoms with Crippen molar-refractivity contribution in [2.45, 2.75) is 44.2 Å². The minimum atomic E-state index is 0.0640. The van der Waals surface area contributed by atoms with Crippen molar-refractivity contribution in [1.82, 2.24) is 15.3 Å². The first-order chi connectivity index (χ1) is 17.2. The molecule has 1 aliphatic heterocycles. The van der Waals surface area contributed by atoms with Crippen LogP contribution in [0.3, 0.4) is 0 Å². The molecule has 2 aliphatic rings. The number of carbonyl (C=O) groups excluding carboxylic acids is 1. The Morgan fingerprint density at radius 1 is 1.06 bits per heavy atom. The Kier molecular flexibility index (Phi) is 7.28. The molecule has 1 saturated carbocycles. The number of amides is 1. The smallest absolute Gasteiger partial charge is 0.224 e. The summed E-state index contributed by atoms with van der Waals surface area (Å²) in [6.45, 7) is 3.25. The van der Waals surface area contributed by atoms with E-state index in [9.17, 15) is 4.79 Å². The quantitative estimate of drug-likeness (QED) is 0.540. The van der Waals surface area contributed by atoms with E-state index in [1.807, 2.05) is 24.3 Å². The van der Waals surface area contributed by atoms with E-state index in [0.29, 0.717) is 12.5 Å². The van der Waals surface area contributed by atoms with Gasteiger partial charge in [0.1, 0.15) is 11.3 Å². The van der Waals surface area contributed by atoms with Gasteiger partial charge in [0.05, 0.1) is 37.9 Å². The van der Waals surface area contributed by atoms with E-state index in [2.05, 4.69) is 37.6 Å². The molecule has 5 rings (SSSR count). The second kappa shape index (κ2) is 10.9. The first kappa shape index (κ1) is 23.4. The summed E-state index contributed by atoms with van der Waals surface area (Å²) in [5.74, 6) is 0.839. The van der Waals surface area contributed by atoms with Crippen LogP contribution in [0.5, 0.6) is 5.75 Å². The van der Waals surface area contributed by atoms with Gasteiger partial charge in [0, 0.05) is 43.3 Å². The molecular weight excluding hydrogens is 442 g/mol. The van der Waals surface area contributed by atoms with Crippen LogP contribution in [-0.2, 0) is 16.0 Å². The van der Waals surface area contributed by atoms with Crippen LogP contribution in [0.1, 0.15) is 31.2 Å². The Labute approximate surface area is 206 Å². The number of methoxy groups -OCH3 is 1. The van der Waals surface area contributed by atoms with E-state index in [-0.39, 0.29) is 11.9 Å². The molecule has 2 fully saturated rings. The number of fused-ring (bicyclic) bond motifs is 1. The van der Waals surface area contributed by atoms with Gasteiger partial charge in [0.25, 0.3) is 0 Å². The lowest BCUT2D eigenvalue weighted by molar-refractivity contribution is -0.121. The van der Waals surface area contributed by atoms with Crippen molar-refractivity contribution < 1.29 is 14.3 Å². The summed E-state index contributed by atoms with van der Waals surface area (Å²) in [7, 11) is 1.64. The first-order valence-corrected chi connectivity index (χ1v) is 12.4. The summed E-state index contributed by atoms with van der Waals surface area (Å²) in [5.41, 5.74) is 4.95. The Bertz CT molecular complexity index is 1160. The number of carbonyl (C=O) groups is 1. The van der Waals surface area contributed by atoms with Gasteiger partial charge in [-0.3, -0.25) is 14.8 Å². The summed E-state index contributed by atoms with van der Waals surface area (Å²) in [6.07, 6.45) is 7.75. The molecule has 35 heavy (non-hydrogen) atoms. The van der Waals surface area contributed by atoms with Crippen LogP contribution < -0.4 is 20.3 Å². The van der Waals surface area contributed by atoms with Crippen molar-refractivity contribution in [2.75, 3.05) is 43.6 Å². The van der Waals surface area contributed by atoms with Crippen molar-refractivity contribution in [3.05, 3.63) is 54.4 Å². The minimum Gasteiger partial charge on any atom is -0.497 e. The fourth-order valence-corrected chi connectivity index (χ4v) is 5.02. The van der Waals surface area contributed by atoms with Gasteiger partial charge in [-0.05, 0) is 55.5 Å². The van der Waals surface area contributed by atoms with Crippen molar-refractivity contribution >= 4 is 28.3 Å². The van der Waals surface area contributed by atoms with Crippen molar-refractivity contribution in [1.29, 1.82) is 0 Å². The summed E-state index contributed by atoms with van der Waals surface area (Å²) in [6, 6.07) is 12.5. The second-order valence-electron chi connectivity index (χ2n) is 9.31. The summed E-state index contributed by atoms with van der Waals surface area (Å²) >= 11 is 0. The molecule has 8 nitrogen and oxygen atoms in total. The van der Waals surface area contributed by atoms with Crippen molar-refractivity contribution in [3.63, 3.8) is 0 Å². The van der Waals surface area contributed by atoms with Gasteiger partial charge >= 0.3 is 0 Å². The molecule has 184 valence electrons. The Morgan fingerprint density at radius 3 is 2.63 bits per heavy atom. The molecule has 0 spiro atoms. The lowest BCUT2D eigenvalue weighted by atomic mass is 9.90. The maximum absolute atomic E-state index is 12.6. The van der Waals surface area contributed by atoms with Gasteiger partial charge in [-0.25, -0.2) is 0 Å². The Hall–Kier alpha value is -3.39. The largest absolute Gasteiger partial charge is 0.497 e. The van der Waals surface area contributed by atoms with E-state index in [0.717, 1.165) is 85.7 Å². The number of hydrogen-bond acceptors (Lipinski definition) is 7. The number of rotatable bonds is 7. The van der Waals surface area contributed by atoms with E-state index in [1.165, 1.54) is 0 Å². The van der Waals surface area contributed by atoms with Crippen LogP contribution in [0.25, 0.3) is 11.0 Å². The van der Waals surface area contributed by atoms with E-state index < -0.39 is 0 Å². The number of nitrogens with zero attached hydrogens (tertiary/aromatic N) is 3. The Morgan fingerprint density at radius 2 is 1.83 bits per heavy atom. The molecule has 1 saturated heterocycles. The highest BCUT2D eigenvalue weighted by Gasteiger charge is 2.24. The average molecular weight is 476 g/mol. The van der Waals surface area contributed by atoms with E-state index in [1.54, 1.807) is 19.5 Å². The zero-order chi connectivity index (χ0) is 24.0. The maximum atomic E-state index is 12.6. The summed E-state index contributed by atoms with van der Waals surface area (Å²) in [4.78, 5) is 24.1. The Balaban J connectivity index is 1.19. The normalized spacial score (nSPS) is 20.4. The van der Waals surface area contributed by atoms with Crippen molar-refractivity contribution in [2.24, 2.45) is 0 Å². The lowest BCUT2D eigenvalue weighted by Gasteiger charge is -2.32. The van der Waals surface area contributed by atoms with Crippen LogP contribution in [-0.4, -0.2) is 61.4 Å². The molecule has 0 bridgehead atoms. The van der Waals surface area contributed by atoms with Crippen molar-refractivity contribution in [3.8, 4) is 5.75 Å². The topological polar surface area (TPSA) is 88.6 Å². The van der Waals surface area contributed by atoms with E-state index in [4.69, 9.17) is 9.47 Å². The first-order valence-electron chi connectivity index (χ1n) is 12.4. The van der Waals surface area contributed by atoms with Crippen LogP contribution in [0, 0.1) is 0 Å². The second-order valence-corrected chi connectivity index (χ2v) is 9.31. The molecular formula is C27H33N5O3. The maximum Gasteiger partial charge on any atom is 0.224 e. The van der Waals surface area contributed by atoms with Gasteiger partial charge < -0.3 is 25.0 Å². The average Bonchev–Trinajstić information content (AvgIpc) is 2.90. The van der Waals surface area contributed by atoms with Gasteiger partial charge in [0.2, 0.25) is 5.91 Å². The van der Waals surface area contributed by atoms with Crippen LogP contribution in [0.15, 0.2) is 48.8 Å². The molecule has 0 radical (unpaired) electrons. The molecule has 1 aromatic heterocycles. The third-order valence-corrected chi connectivity index (χ3v) is 6.89. The SMILES string of the molecule is COc1cccc(CC(=O)N[C@H]2CC[C@H](Nc3cc(N4CCOCC4)cc4nccnc34)CC2)c1. The monoisotopic (exact) mass is 475 g/mol. The van der Waals surface area contributed by atoms with Gasteiger partial charge in [-0.1, -0.05) is 12.1 Å². The number of benzene rings is 2. The number of nitrogens with one attached hydrogen (secondary N) is 2. The summed E-state index contributed by atoms with van der Waals surface area (Å²) < 4.78 is 10.8. The number of hydrogen-bond donors (Lipinski definition) is 2.